The average molecular weight is 330 g/mol. The maximum atomic E-state index is 11.3. The molecule has 0 fully saturated rings. The first-order chi connectivity index (χ1) is 11.6. The van der Waals surface area contributed by atoms with Crippen LogP contribution >= 0.6 is 0 Å². The summed E-state index contributed by atoms with van der Waals surface area (Å²) < 4.78 is 0. The van der Waals surface area contributed by atoms with Crippen molar-refractivity contribution in [3.63, 3.8) is 0 Å². The molecule has 130 valence electrons. The zero-order valence-corrected chi connectivity index (χ0v) is 13.9. The fourth-order valence-electron chi connectivity index (χ4n) is 2.43. The number of benzene rings is 1. The van der Waals surface area contributed by atoms with Crippen molar-refractivity contribution >= 4 is 18.0 Å². The van der Waals surface area contributed by atoms with Gasteiger partial charge in [0.25, 0.3) is 0 Å². The van der Waals surface area contributed by atoms with Crippen LogP contribution in [0.15, 0.2) is 48.6 Å². The number of aliphatic carboxylic acids is 2. The SMILES string of the molecule is O=C(O)/C=C/CCCCCCCC(C=Cc1ccccc1)C(=O)O. The highest BCUT2D eigenvalue weighted by molar-refractivity contribution is 5.79. The van der Waals surface area contributed by atoms with Gasteiger partial charge in [-0.25, -0.2) is 4.79 Å². The first kappa shape index (κ1) is 19.7. The van der Waals surface area contributed by atoms with Crippen molar-refractivity contribution in [3.8, 4) is 0 Å². The fraction of sp³-hybridized carbons (Fsp3) is 0.400. The maximum absolute atomic E-state index is 11.3. The molecule has 1 aromatic carbocycles. The smallest absolute Gasteiger partial charge is 0.327 e. The Bertz CT molecular complexity index is 546. The van der Waals surface area contributed by atoms with E-state index in [1.54, 1.807) is 12.2 Å². The van der Waals surface area contributed by atoms with Crippen LogP contribution in [0.1, 0.15) is 50.5 Å². The second-order valence-corrected chi connectivity index (χ2v) is 5.80. The molecule has 2 N–H and O–H groups in total. The Morgan fingerprint density at radius 2 is 1.62 bits per heavy atom. The maximum Gasteiger partial charge on any atom is 0.327 e. The molecule has 1 aromatic rings. The van der Waals surface area contributed by atoms with Gasteiger partial charge in [-0.05, 0) is 24.8 Å². The van der Waals surface area contributed by atoms with Crippen LogP contribution in [-0.2, 0) is 9.59 Å². The van der Waals surface area contributed by atoms with Gasteiger partial charge in [-0.2, -0.15) is 0 Å². The lowest BCUT2D eigenvalue weighted by Crippen LogP contribution is -2.10. The number of rotatable bonds is 12. The highest BCUT2D eigenvalue weighted by atomic mass is 16.4. The van der Waals surface area contributed by atoms with Gasteiger partial charge in [0.05, 0.1) is 5.92 Å². The molecular formula is C20H26O4. The second kappa shape index (κ2) is 12.1. The molecule has 0 heterocycles. The number of hydrogen-bond acceptors (Lipinski definition) is 2. The van der Waals surface area contributed by atoms with Gasteiger partial charge in [-0.15, -0.1) is 0 Å². The summed E-state index contributed by atoms with van der Waals surface area (Å²) >= 11 is 0. The van der Waals surface area contributed by atoms with Gasteiger partial charge in [-0.1, -0.05) is 74.2 Å². The molecule has 0 amide bonds. The number of allylic oxidation sites excluding steroid dienone is 1. The molecule has 4 nitrogen and oxygen atoms in total. The molecule has 0 bridgehead atoms. The predicted molar refractivity (Wildman–Crippen MR) is 95.7 cm³/mol. The molecule has 0 saturated heterocycles. The lowest BCUT2D eigenvalue weighted by Gasteiger charge is -2.07. The highest BCUT2D eigenvalue weighted by Gasteiger charge is 2.12. The minimum Gasteiger partial charge on any atom is -0.481 e. The Balaban J connectivity index is 2.19. The van der Waals surface area contributed by atoms with Crippen molar-refractivity contribution in [1.82, 2.24) is 0 Å². The number of unbranched alkanes of at least 4 members (excludes halogenated alkanes) is 5. The van der Waals surface area contributed by atoms with E-state index in [9.17, 15) is 14.7 Å². The summed E-state index contributed by atoms with van der Waals surface area (Å²) in [4.78, 5) is 21.6. The Labute approximate surface area is 143 Å². The molecule has 0 saturated carbocycles. The third kappa shape index (κ3) is 9.62. The fourth-order valence-corrected chi connectivity index (χ4v) is 2.43. The summed E-state index contributed by atoms with van der Waals surface area (Å²) in [6.45, 7) is 0. The summed E-state index contributed by atoms with van der Waals surface area (Å²) in [7, 11) is 0. The molecule has 0 spiro atoms. The average Bonchev–Trinajstić information content (AvgIpc) is 2.56. The summed E-state index contributed by atoms with van der Waals surface area (Å²) in [6.07, 6.45) is 12.9. The molecule has 4 heteroatoms. The van der Waals surface area contributed by atoms with Crippen molar-refractivity contribution < 1.29 is 19.8 Å². The zero-order chi connectivity index (χ0) is 17.6. The second-order valence-electron chi connectivity index (χ2n) is 5.80. The van der Waals surface area contributed by atoms with E-state index in [1.165, 1.54) is 6.08 Å². The van der Waals surface area contributed by atoms with Crippen LogP contribution in [0.4, 0.5) is 0 Å². The van der Waals surface area contributed by atoms with E-state index in [1.807, 2.05) is 36.4 Å². The van der Waals surface area contributed by atoms with Gasteiger partial charge in [0, 0.05) is 6.08 Å². The normalized spacial score (nSPS) is 12.7. The van der Waals surface area contributed by atoms with Gasteiger partial charge in [0.15, 0.2) is 0 Å². The number of carbonyl (C=O) groups is 2. The highest BCUT2D eigenvalue weighted by Crippen LogP contribution is 2.15. The van der Waals surface area contributed by atoms with Crippen LogP contribution in [-0.4, -0.2) is 22.2 Å². The number of carboxylic acid groups (broad SMARTS) is 2. The van der Waals surface area contributed by atoms with Gasteiger partial charge in [-0.3, -0.25) is 4.79 Å². The topological polar surface area (TPSA) is 74.6 Å². The molecule has 1 rings (SSSR count). The van der Waals surface area contributed by atoms with Crippen LogP contribution in [0, 0.1) is 5.92 Å². The largest absolute Gasteiger partial charge is 0.481 e. The van der Waals surface area contributed by atoms with Gasteiger partial charge in [0.1, 0.15) is 0 Å². The van der Waals surface area contributed by atoms with Gasteiger partial charge in [0.2, 0.25) is 0 Å². The molecule has 0 aliphatic rings. The molecule has 0 aliphatic carbocycles. The molecule has 0 aromatic heterocycles. The number of hydrogen-bond donors (Lipinski definition) is 2. The first-order valence-corrected chi connectivity index (χ1v) is 8.45. The zero-order valence-electron chi connectivity index (χ0n) is 13.9. The summed E-state index contributed by atoms with van der Waals surface area (Å²) in [5.74, 6) is -2.12. The van der Waals surface area contributed by atoms with E-state index in [2.05, 4.69) is 0 Å². The van der Waals surface area contributed by atoms with E-state index >= 15 is 0 Å². The van der Waals surface area contributed by atoms with Crippen molar-refractivity contribution in [1.29, 1.82) is 0 Å². The standard InChI is InChI=1S/C20H26O4/c21-19(22)14-10-5-3-1-2-4-9-13-18(20(23)24)16-15-17-11-7-6-8-12-17/h6-8,10-12,14-16,18H,1-5,9,13H2,(H,21,22)(H,23,24)/b14-10+,16-15?. The van der Waals surface area contributed by atoms with Crippen LogP contribution in [0.3, 0.4) is 0 Å². The summed E-state index contributed by atoms with van der Waals surface area (Å²) in [5, 5.41) is 17.7. The van der Waals surface area contributed by atoms with Gasteiger partial charge < -0.3 is 10.2 Å². The number of carboxylic acids is 2. The molecule has 1 atom stereocenters. The van der Waals surface area contributed by atoms with E-state index < -0.39 is 17.9 Å². The van der Waals surface area contributed by atoms with E-state index in [-0.39, 0.29) is 0 Å². The van der Waals surface area contributed by atoms with Crippen molar-refractivity contribution in [2.75, 3.05) is 0 Å². The predicted octanol–water partition coefficient (Wildman–Crippen LogP) is 4.77. The molecule has 0 aliphatic heterocycles. The lowest BCUT2D eigenvalue weighted by atomic mass is 9.99. The third-order valence-corrected chi connectivity index (χ3v) is 3.78. The van der Waals surface area contributed by atoms with E-state index in [0.29, 0.717) is 6.42 Å². The minimum absolute atomic E-state index is 0.441. The third-order valence-electron chi connectivity index (χ3n) is 3.78. The van der Waals surface area contributed by atoms with Crippen molar-refractivity contribution in [2.24, 2.45) is 5.92 Å². The monoisotopic (exact) mass is 330 g/mol. The lowest BCUT2D eigenvalue weighted by molar-refractivity contribution is -0.140. The Morgan fingerprint density at radius 3 is 2.29 bits per heavy atom. The Hall–Kier alpha value is -2.36. The molecule has 1 unspecified atom stereocenters. The van der Waals surface area contributed by atoms with Crippen molar-refractivity contribution in [2.45, 2.75) is 44.9 Å². The first-order valence-electron chi connectivity index (χ1n) is 8.45. The van der Waals surface area contributed by atoms with Crippen LogP contribution < -0.4 is 0 Å². The van der Waals surface area contributed by atoms with E-state index in [0.717, 1.165) is 44.1 Å². The quantitative estimate of drug-likeness (QED) is 0.427. The van der Waals surface area contributed by atoms with Crippen molar-refractivity contribution in [3.05, 3.63) is 54.1 Å². The summed E-state index contributed by atoms with van der Waals surface area (Å²) in [5.41, 5.74) is 1.01. The minimum atomic E-state index is -0.904. The van der Waals surface area contributed by atoms with Crippen LogP contribution in [0.2, 0.25) is 0 Å². The molecular weight excluding hydrogens is 304 g/mol. The van der Waals surface area contributed by atoms with Crippen LogP contribution in [0.25, 0.3) is 6.08 Å². The molecule has 24 heavy (non-hydrogen) atoms. The Kier molecular flexibility index (Phi) is 9.93. The van der Waals surface area contributed by atoms with Crippen LogP contribution in [0.5, 0.6) is 0 Å². The van der Waals surface area contributed by atoms with E-state index in [4.69, 9.17) is 5.11 Å². The van der Waals surface area contributed by atoms with Gasteiger partial charge >= 0.3 is 11.9 Å². The Morgan fingerprint density at radius 1 is 0.958 bits per heavy atom. The molecule has 0 radical (unpaired) electrons. The summed E-state index contributed by atoms with van der Waals surface area (Å²) in [6, 6.07) is 9.70.